The van der Waals surface area contributed by atoms with Gasteiger partial charge in [0.05, 0.1) is 0 Å². The third kappa shape index (κ3) is 69.0. The van der Waals surface area contributed by atoms with Crippen LogP contribution < -0.4 is 0 Å². The van der Waals surface area contributed by atoms with E-state index in [4.69, 9.17) is 14.2 Å². The van der Waals surface area contributed by atoms with E-state index in [-0.39, 0.29) is 31.1 Å². The highest BCUT2D eigenvalue weighted by atomic mass is 16.6. The maximum absolute atomic E-state index is 12.9. The number of carbonyl (C=O) groups excluding carboxylic acids is 3. The van der Waals surface area contributed by atoms with Gasteiger partial charge in [-0.3, -0.25) is 14.4 Å². The summed E-state index contributed by atoms with van der Waals surface area (Å²) in [4.78, 5) is 38.4. The minimum absolute atomic E-state index is 0.0881. The Balaban J connectivity index is 4.27. The number of rotatable bonds is 65. The van der Waals surface area contributed by atoms with Gasteiger partial charge in [-0.25, -0.2) is 0 Å². The van der Waals surface area contributed by atoms with Crippen LogP contribution in [0.4, 0.5) is 0 Å². The molecule has 0 aliphatic heterocycles. The lowest BCUT2D eigenvalue weighted by atomic mass is 10.0. The van der Waals surface area contributed by atoms with Crippen LogP contribution in [0.15, 0.2) is 97.2 Å². The molecule has 478 valence electrons. The van der Waals surface area contributed by atoms with E-state index in [0.717, 1.165) is 109 Å². The molecule has 0 N–H and O–H groups in total. The topological polar surface area (TPSA) is 78.9 Å². The standard InChI is InChI=1S/C77H134O6/c1-4-7-10-13-16-19-22-25-27-29-31-33-35-36-37-38-39-40-42-43-45-47-49-52-55-58-61-64-67-70-76(79)82-73-74(72-81-75(78)69-66-63-60-57-54-51-24-21-18-15-12-9-6-3)83-77(80)71-68-65-62-59-56-53-50-48-46-44-41-34-32-30-28-26-23-20-17-14-11-8-5-2/h9,12,18,21-23,25-26,29-32,41,44,51,54,74H,4-8,10-11,13-17,19-20,24,27-28,33-40,42-43,45-50,52-53,55-73H2,1-3H3/b12-9-,21-18-,25-22-,26-23-,31-29-,32-30-,44-41-,54-51-. The Labute approximate surface area is 515 Å². The molecule has 0 aromatic carbocycles. The smallest absolute Gasteiger partial charge is 0.306 e. The van der Waals surface area contributed by atoms with Crippen molar-refractivity contribution < 1.29 is 28.6 Å². The van der Waals surface area contributed by atoms with Crippen molar-refractivity contribution in [3.05, 3.63) is 97.2 Å². The van der Waals surface area contributed by atoms with Gasteiger partial charge in [-0.1, -0.05) is 311 Å². The Morgan fingerprint density at radius 1 is 0.253 bits per heavy atom. The van der Waals surface area contributed by atoms with Gasteiger partial charge in [0.15, 0.2) is 6.10 Å². The largest absolute Gasteiger partial charge is 0.462 e. The molecule has 0 saturated carbocycles. The Hall–Kier alpha value is -3.67. The summed E-state index contributed by atoms with van der Waals surface area (Å²) in [6, 6.07) is 0. The highest BCUT2D eigenvalue weighted by Crippen LogP contribution is 2.17. The Morgan fingerprint density at radius 3 is 0.747 bits per heavy atom. The van der Waals surface area contributed by atoms with Gasteiger partial charge in [0.1, 0.15) is 13.2 Å². The van der Waals surface area contributed by atoms with Crippen molar-refractivity contribution in [2.24, 2.45) is 0 Å². The summed E-state index contributed by atoms with van der Waals surface area (Å²) in [7, 11) is 0. The molecule has 0 aromatic rings. The minimum Gasteiger partial charge on any atom is -0.462 e. The fourth-order valence-electron chi connectivity index (χ4n) is 10.2. The number of allylic oxidation sites excluding steroid dienone is 16. The van der Waals surface area contributed by atoms with Crippen LogP contribution in [-0.4, -0.2) is 37.2 Å². The van der Waals surface area contributed by atoms with Crippen LogP contribution in [0.25, 0.3) is 0 Å². The summed E-state index contributed by atoms with van der Waals surface area (Å²) in [6.45, 7) is 6.51. The molecule has 0 radical (unpaired) electrons. The average molecular weight is 1160 g/mol. The molecule has 0 heterocycles. The monoisotopic (exact) mass is 1160 g/mol. The van der Waals surface area contributed by atoms with Crippen LogP contribution in [0.2, 0.25) is 0 Å². The van der Waals surface area contributed by atoms with Gasteiger partial charge in [-0.05, 0) is 122 Å². The van der Waals surface area contributed by atoms with E-state index in [2.05, 4.69) is 118 Å². The second-order valence-corrected chi connectivity index (χ2v) is 23.8. The van der Waals surface area contributed by atoms with Crippen LogP contribution in [0.5, 0.6) is 0 Å². The van der Waals surface area contributed by atoms with Crippen LogP contribution in [-0.2, 0) is 28.6 Å². The molecule has 1 unspecified atom stereocenters. The van der Waals surface area contributed by atoms with Crippen molar-refractivity contribution in [2.75, 3.05) is 13.2 Å². The normalized spacial score (nSPS) is 12.7. The average Bonchev–Trinajstić information content (AvgIpc) is 3.49. The third-order valence-corrected chi connectivity index (χ3v) is 15.5. The molecule has 6 nitrogen and oxygen atoms in total. The third-order valence-electron chi connectivity index (χ3n) is 15.5. The van der Waals surface area contributed by atoms with Gasteiger partial charge in [0, 0.05) is 19.3 Å². The molecule has 1 atom stereocenters. The van der Waals surface area contributed by atoms with E-state index in [1.165, 1.54) is 205 Å². The maximum Gasteiger partial charge on any atom is 0.306 e. The minimum atomic E-state index is -0.796. The van der Waals surface area contributed by atoms with Gasteiger partial charge in [-0.15, -0.1) is 0 Å². The predicted molar refractivity (Wildman–Crippen MR) is 362 cm³/mol. The highest BCUT2D eigenvalue weighted by molar-refractivity contribution is 5.71. The van der Waals surface area contributed by atoms with Crippen molar-refractivity contribution >= 4 is 17.9 Å². The van der Waals surface area contributed by atoms with Crippen molar-refractivity contribution in [3.63, 3.8) is 0 Å². The van der Waals surface area contributed by atoms with Crippen molar-refractivity contribution in [1.29, 1.82) is 0 Å². The molecular weight excluding hydrogens is 1020 g/mol. The number of carbonyl (C=O) groups is 3. The summed E-state index contributed by atoms with van der Waals surface area (Å²) >= 11 is 0. The SMILES string of the molecule is CC/C=C\C/C=C\C/C=C\CCCCCC(=O)OCC(COC(=O)CCCCCCCCCCCCCCCCCCC/C=C\C/C=C\CCCCCCC)OC(=O)CCCCCCCCCC/C=C\C/C=C\C/C=C\CCCCCCC. The second kappa shape index (κ2) is 70.8. The number of ether oxygens (including phenoxy) is 3. The molecule has 0 rings (SSSR count). The van der Waals surface area contributed by atoms with Crippen molar-refractivity contribution in [1.82, 2.24) is 0 Å². The summed E-state index contributed by atoms with van der Waals surface area (Å²) in [5, 5.41) is 0. The summed E-state index contributed by atoms with van der Waals surface area (Å²) in [5.41, 5.74) is 0. The van der Waals surface area contributed by atoms with Gasteiger partial charge >= 0.3 is 17.9 Å². The quantitative estimate of drug-likeness (QED) is 0.0261. The van der Waals surface area contributed by atoms with E-state index < -0.39 is 6.10 Å². The molecule has 0 saturated heterocycles. The first-order chi connectivity index (χ1) is 41.0. The summed E-state index contributed by atoms with van der Waals surface area (Å²) in [6.07, 6.45) is 95.9. The number of hydrogen-bond donors (Lipinski definition) is 0. The molecule has 0 aliphatic rings. The summed E-state index contributed by atoms with van der Waals surface area (Å²) < 4.78 is 16.9. The first-order valence-corrected chi connectivity index (χ1v) is 35.7. The molecule has 0 aliphatic carbocycles. The molecule has 0 bridgehead atoms. The lowest BCUT2D eigenvalue weighted by Gasteiger charge is -2.18. The fourth-order valence-corrected chi connectivity index (χ4v) is 10.2. The first-order valence-electron chi connectivity index (χ1n) is 35.7. The zero-order chi connectivity index (χ0) is 59.9. The van der Waals surface area contributed by atoms with Crippen molar-refractivity contribution in [3.8, 4) is 0 Å². The Bertz CT molecular complexity index is 1610. The summed E-state index contributed by atoms with van der Waals surface area (Å²) in [5.74, 6) is -0.912. The van der Waals surface area contributed by atoms with Crippen LogP contribution in [0, 0.1) is 0 Å². The van der Waals surface area contributed by atoms with Crippen molar-refractivity contribution in [2.45, 2.75) is 361 Å². The van der Waals surface area contributed by atoms with Gasteiger partial charge < -0.3 is 14.2 Å². The van der Waals surface area contributed by atoms with Gasteiger partial charge in [0.25, 0.3) is 0 Å². The van der Waals surface area contributed by atoms with E-state index in [0.29, 0.717) is 19.3 Å². The molecule has 0 fully saturated rings. The molecule has 0 aromatic heterocycles. The Morgan fingerprint density at radius 2 is 0.470 bits per heavy atom. The second-order valence-electron chi connectivity index (χ2n) is 23.8. The molecule has 0 amide bonds. The van der Waals surface area contributed by atoms with E-state index in [1.807, 2.05) is 0 Å². The predicted octanol–water partition coefficient (Wildman–Crippen LogP) is 24.8. The number of unbranched alkanes of at least 4 members (excludes halogenated alkanes) is 38. The number of hydrogen-bond acceptors (Lipinski definition) is 6. The van der Waals surface area contributed by atoms with Gasteiger partial charge in [-0.2, -0.15) is 0 Å². The number of esters is 3. The molecule has 6 heteroatoms. The zero-order valence-electron chi connectivity index (χ0n) is 54.9. The molecule has 0 spiro atoms. The van der Waals surface area contributed by atoms with E-state index in [1.54, 1.807) is 0 Å². The molecule has 83 heavy (non-hydrogen) atoms. The fraction of sp³-hybridized carbons (Fsp3) is 0.753. The van der Waals surface area contributed by atoms with Crippen LogP contribution in [0.1, 0.15) is 355 Å². The highest BCUT2D eigenvalue weighted by Gasteiger charge is 2.19. The lowest BCUT2D eigenvalue weighted by Crippen LogP contribution is -2.30. The first kappa shape index (κ1) is 79.3. The van der Waals surface area contributed by atoms with E-state index >= 15 is 0 Å². The zero-order valence-corrected chi connectivity index (χ0v) is 54.9. The van der Waals surface area contributed by atoms with E-state index in [9.17, 15) is 14.4 Å². The molecular formula is C77H134O6. The van der Waals surface area contributed by atoms with Crippen LogP contribution in [0.3, 0.4) is 0 Å². The van der Waals surface area contributed by atoms with Gasteiger partial charge in [0.2, 0.25) is 0 Å². The maximum atomic E-state index is 12.9. The van der Waals surface area contributed by atoms with Crippen LogP contribution >= 0.6 is 0 Å². The lowest BCUT2D eigenvalue weighted by molar-refractivity contribution is -0.167. The Kier molecular flexibility index (Phi) is 67.7.